The van der Waals surface area contributed by atoms with Gasteiger partial charge in [-0.2, -0.15) is 4.98 Å². The number of benzene rings is 1. The topological polar surface area (TPSA) is 31.4 Å². The molecule has 0 aliphatic rings. The van der Waals surface area contributed by atoms with Gasteiger partial charge in [0.25, 0.3) is 0 Å². The zero-order chi connectivity index (χ0) is 12.1. The van der Waals surface area contributed by atoms with Gasteiger partial charge in [0.1, 0.15) is 6.61 Å². The Kier molecular flexibility index (Phi) is 4.39. The molecule has 0 aliphatic carbocycles. The third kappa shape index (κ3) is 3.44. The third-order valence-electron chi connectivity index (χ3n) is 2.09. The molecule has 5 heteroatoms. The van der Waals surface area contributed by atoms with Gasteiger partial charge >= 0.3 is 0 Å². The summed E-state index contributed by atoms with van der Waals surface area (Å²) in [5.41, 5.74) is 1.10. The fourth-order valence-electron chi connectivity index (χ4n) is 1.27. The van der Waals surface area contributed by atoms with Crippen LogP contribution in [0.25, 0.3) is 0 Å². The van der Waals surface area contributed by atoms with Crippen molar-refractivity contribution in [1.82, 2.24) is 4.98 Å². The number of ether oxygens (including phenoxy) is 1. The molecule has 0 radical (unpaired) electrons. The maximum absolute atomic E-state index is 5.56. The minimum atomic E-state index is 0.440. The van der Waals surface area contributed by atoms with Crippen molar-refractivity contribution in [2.45, 2.75) is 6.61 Å². The van der Waals surface area contributed by atoms with Gasteiger partial charge in [0, 0.05) is 6.07 Å². The summed E-state index contributed by atoms with van der Waals surface area (Å²) >= 11 is 6.20. The second-order valence-corrected chi connectivity index (χ2v) is 4.47. The Bertz CT molecular complexity index is 491. The number of aromatic nitrogens is 1. The molecule has 0 fully saturated rings. The average molecular weight is 359 g/mol. The van der Waals surface area contributed by atoms with Crippen molar-refractivity contribution in [2.24, 2.45) is 0 Å². The second-order valence-electron chi connectivity index (χ2n) is 3.29. The summed E-state index contributed by atoms with van der Waals surface area (Å²) in [4.78, 5) is 4.17. The molecule has 2 aromatic rings. The zero-order valence-corrected chi connectivity index (χ0v) is 11.9. The molecular formula is C12H9Br2NO2. The van der Waals surface area contributed by atoms with Crippen molar-refractivity contribution < 1.29 is 8.57 Å². The Morgan fingerprint density at radius 2 is 1.82 bits per heavy atom. The number of pyridine rings is 1. The van der Waals surface area contributed by atoms with Gasteiger partial charge in [0.2, 0.25) is 11.8 Å². The van der Waals surface area contributed by atoms with Crippen LogP contribution in [0.2, 0.25) is 0 Å². The molecule has 0 N–H and O–H groups in total. The molecule has 0 atom stereocenters. The van der Waals surface area contributed by atoms with Crippen LogP contribution in [-0.4, -0.2) is 4.98 Å². The molecule has 2 rings (SSSR count). The van der Waals surface area contributed by atoms with Gasteiger partial charge in [-0.3, -0.25) is 0 Å². The summed E-state index contributed by atoms with van der Waals surface area (Å²) in [5.74, 6) is 0.960. The second kappa shape index (κ2) is 6.02. The van der Waals surface area contributed by atoms with Crippen LogP contribution in [0.1, 0.15) is 5.56 Å². The third-order valence-corrected chi connectivity index (χ3v) is 3.00. The molecule has 0 amide bonds. The van der Waals surface area contributed by atoms with E-state index >= 15 is 0 Å². The molecule has 0 saturated carbocycles. The van der Waals surface area contributed by atoms with Crippen LogP contribution in [0.3, 0.4) is 0 Å². The van der Waals surface area contributed by atoms with Crippen LogP contribution in [0.5, 0.6) is 11.8 Å². The number of nitrogens with zero attached hydrogens (tertiary/aromatic N) is 1. The quantitative estimate of drug-likeness (QED) is 0.824. The first kappa shape index (κ1) is 12.4. The zero-order valence-electron chi connectivity index (χ0n) is 8.77. The van der Waals surface area contributed by atoms with Crippen LogP contribution < -0.4 is 8.57 Å². The van der Waals surface area contributed by atoms with E-state index in [2.05, 4.69) is 37.2 Å². The number of hydrogen-bond acceptors (Lipinski definition) is 3. The van der Waals surface area contributed by atoms with E-state index in [1.807, 2.05) is 36.4 Å². The minimum Gasteiger partial charge on any atom is -0.473 e. The van der Waals surface area contributed by atoms with E-state index in [9.17, 15) is 0 Å². The lowest BCUT2D eigenvalue weighted by Gasteiger charge is -2.06. The Labute approximate surface area is 116 Å². The highest BCUT2D eigenvalue weighted by Crippen LogP contribution is 2.26. The van der Waals surface area contributed by atoms with E-state index in [-0.39, 0.29) is 0 Å². The van der Waals surface area contributed by atoms with Gasteiger partial charge in [-0.25, -0.2) is 0 Å². The molecule has 1 heterocycles. The van der Waals surface area contributed by atoms with E-state index in [1.54, 1.807) is 6.07 Å². The van der Waals surface area contributed by atoms with Gasteiger partial charge in [0.05, 0.1) is 4.47 Å². The van der Waals surface area contributed by atoms with E-state index in [0.717, 1.165) is 10.0 Å². The van der Waals surface area contributed by atoms with E-state index in [1.165, 1.54) is 0 Å². The lowest BCUT2D eigenvalue weighted by molar-refractivity contribution is 0.292. The fraction of sp³-hybridized carbons (Fsp3) is 0.0833. The summed E-state index contributed by atoms with van der Waals surface area (Å²) in [7, 11) is 0. The highest BCUT2D eigenvalue weighted by atomic mass is 79.9. The summed E-state index contributed by atoms with van der Waals surface area (Å²) in [5, 5.41) is 0. The summed E-state index contributed by atoms with van der Waals surface area (Å²) in [6.07, 6.45) is 0. The number of hydrogen-bond donors (Lipinski definition) is 0. The first-order chi connectivity index (χ1) is 8.29. The molecule has 0 aliphatic heterocycles. The van der Waals surface area contributed by atoms with Crippen molar-refractivity contribution in [1.29, 1.82) is 0 Å². The molecular weight excluding hydrogens is 350 g/mol. The van der Waals surface area contributed by atoms with Gasteiger partial charge in [-0.05, 0) is 27.6 Å². The van der Waals surface area contributed by atoms with Crippen LogP contribution in [0.4, 0.5) is 0 Å². The standard InChI is InChI=1S/C12H9Br2NO2/c13-10-6-7-11(15-12(10)17-14)16-8-9-4-2-1-3-5-9/h1-7H,8H2. The lowest BCUT2D eigenvalue weighted by atomic mass is 10.2. The Morgan fingerprint density at radius 1 is 1.06 bits per heavy atom. The first-order valence-corrected chi connectivity index (χ1v) is 6.35. The highest BCUT2D eigenvalue weighted by molar-refractivity contribution is 9.10. The van der Waals surface area contributed by atoms with E-state index in [0.29, 0.717) is 18.4 Å². The van der Waals surface area contributed by atoms with Gasteiger partial charge < -0.3 is 8.57 Å². The fourth-order valence-corrected chi connectivity index (χ4v) is 2.04. The summed E-state index contributed by atoms with van der Waals surface area (Å²) in [6.45, 7) is 0.483. The molecule has 0 saturated heterocycles. The maximum Gasteiger partial charge on any atom is 0.244 e. The molecule has 17 heavy (non-hydrogen) atoms. The van der Waals surface area contributed by atoms with Gasteiger partial charge in [-0.15, -0.1) is 0 Å². The Hall–Kier alpha value is -1.07. The van der Waals surface area contributed by atoms with Crippen molar-refractivity contribution in [3.05, 3.63) is 52.5 Å². The van der Waals surface area contributed by atoms with Crippen molar-refractivity contribution >= 4 is 32.2 Å². The van der Waals surface area contributed by atoms with Crippen LogP contribution >= 0.6 is 32.2 Å². The van der Waals surface area contributed by atoms with Crippen molar-refractivity contribution in [3.63, 3.8) is 0 Å². The predicted molar refractivity (Wildman–Crippen MR) is 72.3 cm³/mol. The lowest BCUT2D eigenvalue weighted by Crippen LogP contribution is -1.97. The van der Waals surface area contributed by atoms with Crippen molar-refractivity contribution in [2.75, 3.05) is 0 Å². The largest absolute Gasteiger partial charge is 0.473 e. The summed E-state index contributed by atoms with van der Waals surface area (Å²) in [6, 6.07) is 13.5. The number of halogens is 2. The van der Waals surface area contributed by atoms with Gasteiger partial charge in [-0.1, -0.05) is 30.3 Å². The van der Waals surface area contributed by atoms with Crippen LogP contribution in [-0.2, 0) is 6.61 Å². The van der Waals surface area contributed by atoms with Crippen LogP contribution in [0.15, 0.2) is 46.9 Å². The molecule has 1 aromatic heterocycles. The van der Waals surface area contributed by atoms with E-state index < -0.39 is 0 Å². The minimum absolute atomic E-state index is 0.440. The predicted octanol–water partition coefficient (Wildman–Crippen LogP) is 4.11. The van der Waals surface area contributed by atoms with Crippen LogP contribution in [0, 0.1) is 0 Å². The summed E-state index contributed by atoms with van der Waals surface area (Å²) < 4.78 is 11.2. The maximum atomic E-state index is 5.56. The first-order valence-electron chi connectivity index (χ1n) is 4.91. The Morgan fingerprint density at radius 3 is 2.53 bits per heavy atom. The Balaban J connectivity index is 2.04. The molecule has 0 bridgehead atoms. The SMILES string of the molecule is BrOc1nc(OCc2ccccc2)ccc1Br. The molecule has 88 valence electrons. The number of rotatable bonds is 4. The normalized spacial score (nSPS) is 10.0. The van der Waals surface area contributed by atoms with E-state index in [4.69, 9.17) is 8.57 Å². The average Bonchev–Trinajstić information content (AvgIpc) is 2.39. The molecule has 0 unspecified atom stereocenters. The monoisotopic (exact) mass is 357 g/mol. The van der Waals surface area contributed by atoms with Gasteiger partial charge in [0.15, 0.2) is 16.3 Å². The molecule has 1 aromatic carbocycles. The molecule has 0 spiro atoms. The smallest absolute Gasteiger partial charge is 0.244 e. The van der Waals surface area contributed by atoms with Crippen molar-refractivity contribution in [3.8, 4) is 11.8 Å². The molecule has 3 nitrogen and oxygen atoms in total. The highest BCUT2D eigenvalue weighted by Gasteiger charge is 2.05.